The van der Waals surface area contributed by atoms with E-state index in [2.05, 4.69) is 12.2 Å². The first-order valence-corrected chi connectivity index (χ1v) is 12.9. The summed E-state index contributed by atoms with van der Waals surface area (Å²) in [6, 6.07) is 12.2. The van der Waals surface area contributed by atoms with Crippen molar-refractivity contribution in [2.24, 2.45) is 0 Å². The SMILES string of the molecule is CCCCCCCN(Cc1ccc(OC(C)(C)C(=O)OCC)cc1)C(=O)Nc1ccc(Cl)c(Cl)c1. The number of halogens is 2. The van der Waals surface area contributed by atoms with Crippen LogP contribution in [0.15, 0.2) is 42.5 Å². The number of unbranched alkanes of at least 4 members (excludes halogenated alkanes) is 4. The first-order chi connectivity index (χ1) is 16.7. The minimum absolute atomic E-state index is 0.206. The van der Waals surface area contributed by atoms with Crippen LogP contribution in [0.4, 0.5) is 10.5 Å². The van der Waals surface area contributed by atoms with Crippen LogP contribution in [0.5, 0.6) is 5.75 Å². The van der Waals surface area contributed by atoms with Crippen LogP contribution in [-0.2, 0) is 16.1 Å². The molecule has 1 N–H and O–H groups in total. The lowest BCUT2D eigenvalue weighted by Crippen LogP contribution is -2.39. The number of anilines is 1. The van der Waals surface area contributed by atoms with Gasteiger partial charge in [0.2, 0.25) is 0 Å². The maximum absolute atomic E-state index is 13.1. The lowest BCUT2D eigenvalue weighted by Gasteiger charge is -2.25. The third-order valence-corrected chi connectivity index (χ3v) is 6.17. The van der Waals surface area contributed by atoms with Crippen LogP contribution < -0.4 is 10.1 Å². The molecule has 2 aromatic carbocycles. The summed E-state index contributed by atoms with van der Waals surface area (Å²) >= 11 is 12.1. The molecule has 0 unspecified atom stereocenters. The fraction of sp³-hybridized carbons (Fsp3) is 0.481. The van der Waals surface area contributed by atoms with Gasteiger partial charge in [0.05, 0.1) is 16.7 Å². The molecule has 2 amide bonds. The van der Waals surface area contributed by atoms with Gasteiger partial charge < -0.3 is 19.7 Å². The van der Waals surface area contributed by atoms with Gasteiger partial charge in [-0.25, -0.2) is 9.59 Å². The summed E-state index contributed by atoms with van der Waals surface area (Å²) < 4.78 is 10.9. The van der Waals surface area contributed by atoms with Crippen molar-refractivity contribution in [3.05, 3.63) is 58.1 Å². The molecule has 35 heavy (non-hydrogen) atoms. The number of rotatable bonds is 13. The van der Waals surface area contributed by atoms with E-state index < -0.39 is 11.6 Å². The molecule has 0 fully saturated rings. The first kappa shape index (κ1) is 28.8. The maximum atomic E-state index is 13.1. The summed E-state index contributed by atoms with van der Waals surface area (Å²) in [6.07, 6.45) is 5.51. The molecule has 0 bridgehead atoms. The molecule has 2 rings (SSSR count). The number of ether oxygens (including phenoxy) is 2. The van der Waals surface area contributed by atoms with Crippen LogP contribution in [0, 0.1) is 0 Å². The predicted octanol–water partition coefficient (Wildman–Crippen LogP) is 7.72. The highest BCUT2D eigenvalue weighted by Gasteiger charge is 2.31. The number of esters is 1. The fourth-order valence-electron chi connectivity index (χ4n) is 3.46. The second-order valence-electron chi connectivity index (χ2n) is 8.87. The van der Waals surface area contributed by atoms with E-state index in [1.807, 2.05) is 12.1 Å². The van der Waals surface area contributed by atoms with Crippen LogP contribution in [-0.4, -0.2) is 35.7 Å². The third-order valence-electron chi connectivity index (χ3n) is 5.43. The lowest BCUT2D eigenvalue weighted by atomic mass is 10.1. The van der Waals surface area contributed by atoms with Crippen molar-refractivity contribution < 1.29 is 19.1 Å². The highest BCUT2D eigenvalue weighted by Crippen LogP contribution is 2.26. The Morgan fingerprint density at radius 3 is 2.26 bits per heavy atom. The Balaban J connectivity index is 2.07. The second-order valence-corrected chi connectivity index (χ2v) is 9.69. The number of amides is 2. The molecule has 0 saturated carbocycles. The Morgan fingerprint density at radius 2 is 1.63 bits per heavy atom. The number of hydrogen-bond acceptors (Lipinski definition) is 4. The average molecular weight is 524 g/mol. The zero-order chi connectivity index (χ0) is 25.8. The number of nitrogens with one attached hydrogen (secondary N) is 1. The molecular formula is C27H36Cl2N2O4. The smallest absolute Gasteiger partial charge is 0.349 e. The Labute approximate surface area is 218 Å². The Morgan fingerprint density at radius 1 is 0.943 bits per heavy atom. The minimum atomic E-state index is -1.10. The molecule has 0 radical (unpaired) electrons. The van der Waals surface area contributed by atoms with Crippen LogP contribution in [0.3, 0.4) is 0 Å². The van der Waals surface area contributed by atoms with Crippen LogP contribution in [0.2, 0.25) is 10.0 Å². The Kier molecular flexibility index (Phi) is 11.7. The van der Waals surface area contributed by atoms with Gasteiger partial charge in [-0.15, -0.1) is 0 Å². The summed E-state index contributed by atoms with van der Waals surface area (Å²) in [7, 11) is 0. The van der Waals surface area contributed by atoms with Gasteiger partial charge in [0.25, 0.3) is 0 Å². The summed E-state index contributed by atoms with van der Waals surface area (Å²) in [6.45, 7) is 8.64. The average Bonchev–Trinajstić information content (AvgIpc) is 2.81. The molecule has 6 nitrogen and oxygen atoms in total. The highest BCUT2D eigenvalue weighted by molar-refractivity contribution is 6.42. The molecule has 0 aliphatic carbocycles. The maximum Gasteiger partial charge on any atom is 0.349 e. The molecular weight excluding hydrogens is 487 g/mol. The highest BCUT2D eigenvalue weighted by atomic mass is 35.5. The van der Waals surface area contributed by atoms with Crippen molar-refractivity contribution in [3.8, 4) is 5.75 Å². The fourth-order valence-corrected chi connectivity index (χ4v) is 3.76. The molecule has 0 aromatic heterocycles. The largest absolute Gasteiger partial charge is 0.476 e. The van der Waals surface area contributed by atoms with Gasteiger partial charge >= 0.3 is 12.0 Å². The second kappa shape index (κ2) is 14.2. The van der Waals surface area contributed by atoms with Crippen molar-refractivity contribution in [1.29, 1.82) is 0 Å². The molecule has 0 aliphatic rings. The Hall–Kier alpha value is -2.44. The molecule has 0 saturated heterocycles. The summed E-state index contributed by atoms with van der Waals surface area (Å²) in [5.41, 5.74) is 0.441. The number of urea groups is 1. The third kappa shape index (κ3) is 9.61. The van der Waals surface area contributed by atoms with E-state index in [1.54, 1.807) is 56.0 Å². The molecule has 0 atom stereocenters. The van der Waals surface area contributed by atoms with Gasteiger partial charge in [0.15, 0.2) is 5.60 Å². The first-order valence-electron chi connectivity index (χ1n) is 12.1. The number of nitrogens with zero attached hydrogens (tertiary/aromatic N) is 1. The van der Waals surface area contributed by atoms with E-state index in [0.29, 0.717) is 41.2 Å². The molecule has 0 heterocycles. The van der Waals surface area contributed by atoms with Crippen LogP contribution >= 0.6 is 23.2 Å². The quantitative estimate of drug-likeness (QED) is 0.216. The van der Waals surface area contributed by atoms with Gasteiger partial charge in [-0.05, 0) is 63.1 Å². The number of carbonyl (C=O) groups is 2. The predicted molar refractivity (Wildman–Crippen MR) is 142 cm³/mol. The molecule has 8 heteroatoms. The number of carbonyl (C=O) groups excluding carboxylic acids is 2. The minimum Gasteiger partial charge on any atom is -0.476 e. The van der Waals surface area contributed by atoms with Crippen molar-refractivity contribution in [2.75, 3.05) is 18.5 Å². The summed E-state index contributed by atoms with van der Waals surface area (Å²) in [5, 5.41) is 3.74. The van der Waals surface area contributed by atoms with E-state index in [-0.39, 0.29) is 6.03 Å². The lowest BCUT2D eigenvalue weighted by molar-refractivity contribution is -0.158. The van der Waals surface area contributed by atoms with E-state index in [9.17, 15) is 9.59 Å². The standard InChI is InChI=1S/C27H36Cl2N2O4/c1-5-7-8-9-10-17-31(26(33)30-21-13-16-23(28)24(29)18-21)19-20-11-14-22(15-12-20)35-27(3,4)25(32)34-6-2/h11-16,18H,5-10,17,19H2,1-4H3,(H,30,33). The number of hydrogen-bond donors (Lipinski definition) is 1. The molecule has 2 aromatic rings. The van der Waals surface area contributed by atoms with Crippen LogP contribution in [0.1, 0.15) is 65.4 Å². The van der Waals surface area contributed by atoms with Gasteiger partial charge in [0.1, 0.15) is 5.75 Å². The normalized spacial score (nSPS) is 11.1. The summed E-state index contributed by atoms with van der Waals surface area (Å²) in [4.78, 5) is 27.0. The zero-order valence-electron chi connectivity index (χ0n) is 21.0. The zero-order valence-corrected chi connectivity index (χ0v) is 22.5. The molecule has 0 spiro atoms. The van der Waals surface area contributed by atoms with Crippen molar-refractivity contribution in [3.63, 3.8) is 0 Å². The topological polar surface area (TPSA) is 67.9 Å². The van der Waals surface area contributed by atoms with E-state index >= 15 is 0 Å². The van der Waals surface area contributed by atoms with Gasteiger partial charge in [0, 0.05) is 18.8 Å². The number of benzene rings is 2. The van der Waals surface area contributed by atoms with Crippen molar-refractivity contribution in [2.45, 2.75) is 71.9 Å². The van der Waals surface area contributed by atoms with Gasteiger partial charge in [-0.1, -0.05) is 67.9 Å². The van der Waals surface area contributed by atoms with E-state index in [4.69, 9.17) is 32.7 Å². The molecule has 0 aliphatic heterocycles. The summed E-state index contributed by atoms with van der Waals surface area (Å²) in [5.74, 6) is 0.135. The van der Waals surface area contributed by atoms with Crippen molar-refractivity contribution in [1.82, 2.24) is 4.90 Å². The Bertz CT molecular complexity index is 964. The van der Waals surface area contributed by atoms with Gasteiger partial charge in [-0.2, -0.15) is 0 Å². The van der Waals surface area contributed by atoms with Crippen LogP contribution in [0.25, 0.3) is 0 Å². The van der Waals surface area contributed by atoms with Crippen molar-refractivity contribution >= 4 is 40.9 Å². The van der Waals surface area contributed by atoms with E-state index in [1.165, 1.54) is 12.8 Å². The monoisotopic (exact) mass is 522 g/mol. The van der Waals surface area contributed by atoms with Gasteiger partial charge in [-0.3, -0.25) is 0 Å². The molecule has 192 valence electrons. The van der Waals surface area contributed by atoms with E-state index in [0.717, 1.165) is 24.8 Å².